The second-order valence-corrected chi connectivity index (χ2v) is 5.73. The van der Waals surface area contributed by atoms with Crippen LogP contribution in [0.5, 0.6) is 0 Å². The Hall–Kier alpha value is -3.03. The van der Waals surface area contributed by atoms with Gasteiger partial charge in [0, 0.05) is 5.92 Å². The van der Waals surface area contributed by atoms with E-state index in [1.165, 1.54) is 23.1 Å². The lowest BCUT2D eigenvalue weighted by molar-refractivity contribution is -0.385. The van der Waals surface area contributed by atoms with Gasteiger partial charge in [-0.1, -0.05) is 12.1 Å². The predicted octanol–water partition coefficient (Wildman–Crippen LogP) is 3.51. The molecule has 1 aliphatic carbocycles. The molecule has 1 aliphatic rings. The molecule has 0 aliphatic heterocycles. The summed E-state index contributed by atoms with van der Waals surface area (Å²) in [6.07, 6.45) is 4.68. The molecule has 0 N–H and O–H groups in total. The standard InChI is InChI=1S/C16H13FN4O3/c17-12-4-2-1-3-11(12)14-7-18-15(24-14)9-20-8-13(21(22)23)16(19-20)10-5-6-10/h1-4,7-8,10H,5-6,9H2. The molecule has 1 fully saturated rings. The summed E-state index contributed by atoms with van der Waals surface area (Å²) in [5.74, 6) is 0.399. The fourth-order valence-corrected chi connectivity index (χ4v) is 2.60. The lowest BCUT2D eigenvalue weighted by atomic mass is 10.2. The van der Waals surface area contributed by atoms with Crippen molar-refractivity contribution in [2.75, 3.05) is 0 Å². The number of oxazole rings is 1. The first kappa shape index (κ1) is 14.6. The van der Waals surface area contributed by atoms with E-state index in [0.717, 1.165) is 12.8 Å². The number of benzene rings is 1. The van der Waals surface area contributed by atoms with E-state index < -0.39 is 10.7 Å². The first-order chi connectivity index (χ1) is 11.6. The lowest BCUT2D eigenvalue weighted by Gasteiger charge is -1.98. The smallest absolute Gasteiger partial charge is 0.310 e. The summed E-state index contributed by atoms with van der Waals surface area (Å²) in [4.78, 5) is 14.8. The molecule has 8 heteroatoms. The van der Waals surface area contributed by atoms with Crippen LogP contribution in [0.3, 0.4) is 0 Å². The minimum atomic E-state index is -0.419. The monoisotopic (exact) mass is 328 g/mol. The van der Waals surface area contributed by atoms with E-state index >= 15 is 0 Å². The van der Waals surface area contributed by atoms with Crippen molar-refractivity contribution in [2.45, 2.75) is 25.3 Å². The highest BCUT2D eigenvalue weighted by Crippen LogP contribution is 2.43. The number of nitrogens with zero attached hydrogens (tertiary/aromatic N) is 4. The van der Waals surface area contributed by atoms with Crippen molar-refractivity contribution in [3.63, 3.8) is 0 Å². The average Bonchev–Trinajstić information content (AvgIpc) is 3.15. The Morgan fingerprint density at radius 3 is 2.88 bits per heavy atom. The molecule has 1 aromatic carbocycles. The van der Waals surface area contributed by atoms with Crippen LogP contribution >= 0.6 is 0 Å². The fourth-order valence-electron chi connectivity index (χ4n) is 2.60. The summed E-state index contributed by atoms with van der Waals surface area (Å²) in [6.45, 7) is 0.155. The Kier molecular flexibility index (Phi) is 3.37. The molecular weight excluding hydrogens is 315 g/mol. The topological polar surface area (TPSA) is 87.0 Å². The minimum Gasteiger partial charge on any atom is -0.439 e. The summed E-state index contributed by atoms with van der Waals surface area (Å²) >= 11 is 0. The largest absolute Gasteiger partial charge is 0.439 e. The molecule has 0 saturated heterocycles. The van der Waals surface area contributed by atoms with Crippen molar-refractivity contribution in [2.24, 2.45) is 0 Å². The molecule has 0 amide bonds. The van der Waals surface area contributed by atoms with Gasteiger partial charge in [-0.05, 0) is 25.0 Å². The maximum Gasteiger partial charge on any atom is 0.310 e. The number of rotatable bonds is 5. The second kappa shape index (κ2) is 5.55. The molecule has 1 saturated carbocycles. The third-order valence-corrected chi connectivity index (χ3v) is 3.92. The highest BCUT2D eigenvalue weighted by molar-refractivity contribution is 5.56. The third-order valence-electron chi connectivity index (χ3n) is 3.92. The number of nitro groups is 1. The molecule has 0 atom stereocenters. The zero-order valence-corrected chi connectivity index (χ0v) is 12.6. The number of halogens is 1. The number of hydrogen-bond donors (Lipinski definition) is 0. The van der Waals surface area contributed by atoms with Crippen LogP contribution in [-0.2, 0) is 6.54 Å². The normalized spacial score (nSPS) is 14.0. The van der Waals surface area contributed by atoms with Crippen LogP contribution in [0.4, 0.5) is 10.1 Å². The molecule has 2 aromatic heterocycles. The van der Waals surface area contributed by atoms with Gasteiger partial charge in [0.25, 0.3) is 0 Å². The van der Waals surface area contributed by atoms with Crippen LogP contribution in [0.15, 0.2) is 41.1 Å². The van der Waals surface area contributed by atoms with E-state index in [2.05, 4.69) is 10.1 Å². The van der Waals surface area contributed by atoms with Gasteiger partial charge in [0.05, 0.1) is 16.7 Å². The zero-order valence-electron chi connectivity index (χ0n) is 12.6. The van der Waals surface area contributed by atoms with Crippen LogP contribution in [0.1, 0.15) is 30.3 Å². The van der Waals surface area contributed by atoms with E-state index in [1.807, 2.05) is 0 Å². The van der Waals surface area contributed by atoms with Crippen LogP contribution in [0.25, 0.3) is 11.3 Å². The molecular formula is C16H13FN4O3. The van der Waals surface area contributed by atoms with E-state index in [9.17, 15) is 14.5 Å². The average molecular weight is 328 g/mol. The predicted molar refractivity (Wildman–Crippen MR) is 81.9 cm³/mol. The second-order valence-electron chi connectivity index (χ2n) is 5.73. The third kappa shape index (κ3) is 2.66. The van der Waals surface area contributed by atoms with Gasteiger partial charge in [0.15, 0.2) is 5.76 Å². The Morgan fingerprint density at radius 2 is 2.17 bits per heavy atom. The highest BCUT2D eigenvalue weighted by Gasteiger charge is 2.34. The molecule has 0 unspecified atom stereocenters. The Morgan fingerprint density at radius 1 is 1.38 bits per heavy atom. The quantitative estimate of drug-likeness (QED) is 0.528. The van der Waals surface area contributed by atoms with Crippen LogP contribution in [-0.4, -0.2) is 19.7 Å². The van der Waals surface area contributed by atoms with Gasteiger partial charge >= 0.3 is 5.69 Å². The van der Waals surface area contributed by atoms with Gasteiger partial charge in [-0.2, -0.15) is 5.10 Å². The lowest BCUT2D eigenvalue weighted by Crippen LogP contribution is -2.00. The van der Waals surface area contributed by atoms with Crippen LogP contribution < -0.4 is 0 Å². The molecule has 4 rings (SSSR count). The van der Waals surface area contributed by atoms with Crippen molar-refractivity contribution in [1.29, 1.82) is 0 Å². The fraction of sp³-hybridized carbons (Fsp3) is 0.250. The number of aromatic nitrogens is 3. The van der Waals surface area contributed by atoms with Gasteiger partial charge in [-0.15, -0.1) is 0 Å². The molecule has 0 spiro atoms. The minimum absolute atomic E-state index is 0.0263. The van der Waals surface area contributed by atoms with Crippen molar-refractivity contribution in [3.05, 3.63) is 64.2 Å². The van der Waals surface area contributed by atoms with Crippen molar-refractivity contribution >= 4 is 5.69 Å². The molecule has 0 radical (unpaired) electrons. The summed E-state index contributed by atoms with van der Waals surface area (Å²) in [5.41, 5.74) is 0.862. The van der Waals surface area contributed by atoms with Gasteiger partial charge in [-0.25, -0.2) is 9.37 Å². The molecule has 2 heterocycles. The van der Waals surface area contributed by atoms with Crippen LogP contribution in [0.2, 0.25) is 0 Å². The van der Waals surface area contributed by atoms with E-state index in [0.29, 0.717) is 22.9 Å². The SMILES string of the molecule is O=[N+]([O-])c1cn(Cc2ncc(-c3ccccc3F)o2)nc1C1CC1. The van der Waals surface area contributed by atoms with Gasteiger partial charge in [0.1, 0.15) is 24.3 Å². The zero-order chi connectivity index (χ0) is 16.7. The van der Waals surface area contributed by atoms with E-state index in [4.69, 9.17) is 4.42 Å². The molecule has 3 aromatic rings. The Bertz CT molecular complexity index is 914. The van der Waals surface area contributed by atoms with Gasteiger partial charge < -0.3 is 4.42 Å². The summed E-state index contributed by atoms with van der Waals surface area (Å²) in [5, 5.41) is 15.4. The Balaban J connectivity index is 1.59. The number of hydrogen-bond acceptors (Lipinski definition) is 5. The van der Waals surface area contributed by atoms with Crippen molar-refractivity contribution in [1.82, 2.24) is 14.8 Å². The first-order valence-electron chi connectivity index (χ1n) is 7.53. The maximum absolute atomic E-state index is 13.8. The molecule has 7 nitrogen and oxygen atoms in total. The van der Waals surface area contributed by atoms with E-state index in [1.54, 1.807) is 18.2 Å². The first-order valence-corrected chi connectivity index (χ1v) is 7.53. The Labute approximate surface area is 135 Å². The summed E-state index contributed by atoms with van der Waals surface area (Å²) in [7, 11) is 0. The molecule has 0 bridgehead atoms. The van der Waals surface area contributed by atoms with Crippen molar-refractivity contribution in [3.8, 4) is 11.3 Å². The maximum atomic E-state index is 13.8. The van der Waals surface area contributed by atoms with Gasteiger partial charge in [0.2, 0.25) is 5.89 Å². The van der Waals surface area contributed by atoms with Crippen LogP contribution in [0, 0.1) is 15.9 Å². The summed E-state index contributed by atoms with van der Waals surface area (Å²) < 4.78 is 20.8. The molecule has 122 valence electrons. The van der Waals surface area contributed by atoms with Gasteiger partial charge in [-0.3, -0.25) is 14.8 Å². The van der Waals surface area contributed by atoms with Crippen molar-refractivity contribution < 1.29 is 13.7 Å². The van der Waals surface area contributed by atoms with E-state index in [-0.39, 0.29) is 18.2 Å². The summed E-state index contributed by atoms with van der Waals surface area (Å²) in [6, 6.07) is 6.25. The molecule has 24 heavy (non-hydrogen) atoms. The highest BCUT2D eigenvalue weighted by atomic mass is 19.1.